The van der Waals surface area contributed by atoms with E-state index in [2.05, 4.69) is 23.1 Å². The molecule has 0 saturated heterocycles. The van der Waals surface area contributed by atoms with Crippen molar-refractivity contribution in [2.75, 3.05) is 0 Å². The lowest BCUT2D eigenvalue weighted by molar-refractivity contribution is -0.136. The van der Waals surface area contributed by atoms with Crippen LogP contribution in [-0.4, -0.2) is 30.8 Å². The largest absolute Gasteiger partial charge is 0.481 e. The van der Waals surface area contributed by atoms with E-state index in [1.165, 1.54) is 12.8 Å². The van der Waals surface area contributed by atoms with E-state index < -0.39 is 5.97 Å². The number of aryl methyl sites for hydroxylation is 2. The van der Waals surface area contributed by atoms with Gasteiger partial charge in [-0.25, -0.2) is 9.67 Å². The average Bonchev–Trinajstić information content (AvgIpc) is 3.34. The highest BCUT2D eigenvalue weighted by Gasteiger charge is 2.27. The smallest absolute Gasteiger partial charge is 0.303 e. The van der Waals surface area contributed by atoms with Crippen molar-refractivity contribution >= 4 is 17.0 Å². The molecule has 0 aliphatic heterocycles. The second kappa shape index (κ2) is 7.70. The molecule has 4 rings (SSSR count). The van der Waals surface area contributed by atoms with E-state index in [-0.39, 0.29) is 6.42 Å². The number of nitrogens with zero attached hydrogens (tertiary/aromatic N) is 4. The van der Waals surface area contributed by atoms with Gasteiger partial charge in [0.2, 0.25) is 0 Å². The van der Waals surface area contributed by atoms with Crippen molar-refractivity contribution in [1.82, 2.24) is 19.7 Å². The second-order valence-corrected chi connectivity index (χ2v) is 7.67. The zero-order valence-corrected chi connectivity index (χ0v) is 16.5. The molecule has 3 heterocycles. The molecular formula is C22H26N4O2. The van der Waals surface area contributed by atoms with Gasteiger partial charge in [0, 0.05) is 53.5 Å². The van der Waals surface area contributed by atoms with Crippen LogP contribution in [0.25, 0.3) is 22.2 Å². The third kappa shape index (κ3) is 3.39. The Bertz CT molecular complexity index is 1020. The molecule has 6 heteroatoms. The van der Waals surface area contributed by atoms with Crippen molar-refractivity contribution in [1.29, 1.82) is 0 Å². The fourth-order valence-corrected chi connectivity index (χ4v) is 4.42. The molecule has 28 heavy (non-hydrogen) atoms. The molecule has 3 aromatic heterocycles. The van der Waals surface area contributed by atoms with Crippen LogP contribution in [0.15, 0.2) is 24.7 Å². The van der Waals surface area contributed by atoms with Crippen LogP contribution >= 0.6 is 0 Å². The van der Waals surface area contributed by atoms with Gasteiger partial charge in [0.25, 0.3) is 0 Å². The van der Waals surface area contributed by atoms with Crippen molar-refractivity contribution in [3.63, 3.8) is 0 Å². The Morgan fingerprint density at radius 2 is 2.04 bits per heavy atom. The molecule has 0 radical (unpaired) electrons. The van der Waals surface area contributed by atoms with Crippen molar-refractivity contribution in [3.05, 3.63) is 41.5 Å². The maximum absolute atomic E-state index is 11.4. The van der Waals surface area contributed by atoms with Crippen LogP contribution in [0.2, 0.25) is 0 Å². The standard InChI is InChI=1S/C22H26N4O2/c1-3-26-22-18(13-24-26)20(16-10-14(2)11-23-12-16)17(8-9-19(27)28)21(25-22)15-6-4-5-7-15/h10-13,15H,3-9H2,1-2H3,(H,27,28). The van der Waals surface area contributed by atoms with Crippen molar-refractivity contribution in [2.24, 2.45) is 0 Å². The topological polar surface area (TPSA) is 80.9 Å². The van der Waals surface area contributed by atoms with Crippen LogP contribution in [0.1, 0.15) is 61.8 Å². The van der Waals surface area contributed by atoms with Crippen molar-refractivity contribution in [2.45, 2.75) is 64.8 Å². The van der Waals surface area contributed by atoms with E-state index in [1.54, 1.807) is 0 Å². The van der Waals surface area contributed by atoms with Gasteiger partial charge in [-0.2, -0.15) is 5.10 Å². The highest BCUT2D eigenvalue weighted by molar-refractivity contribution is 5.95. The normalized spacial score (nSPS) is 14.8. The summed E-state index contributed by atoms with van der Waals surface area (Å²) in [6.07, 6.45) is 10.8. The van der Waals surface area contributed by atoms with Gasteiger partial charge < -0.3 is 5.11 Å². The van der Waals surface area contributed by atoms with Crippen LogP contribution in [0.5, 0.6) is 0 Å². The summed E-state index contributed by atoms with van der Waals surface area (Å²) in [4.78, 5) is 20.8. The first-order chi connectivity index (χ1) is 13.6. The third-order valence-corrected chi connectivity index (χ3v) is 5.71. The summed E-state index contributed by atoms with van der Waals surface area (Å²) in [6.45, 7) is 4.84. The van der Waals surface area contributed by atoms with Crippen LogP contribution < -0.4 is 0 Å². The molecule has 0 bridgehead atoms. The zero-order valence-electron chi connectivity index (χ0n) is 16.5. The molecule has 6 nitrogen and oxygen atoms in total. The Morgan fingerprint density at radius 3 is 2.71 bits per heavy atom. The number of fused-ring (bicyclic) bond motifs is 1. The Balaban J connectivity index is 2.02. The van der Waals surface area contributed by atoms with Gasteiger partial charge >= 0.3 is 5.97 Å². The number of carboxylic acid groups (broad SMARTS) is 1. The summed E-state index contributed by atoms with van der Waals surface area (Å²) in [5.74, 6) is -0.389. The predicted molar refractivity (Wildman–Crippen MR) is 108 cm³/mol. The highest BCUT2D eigenvalue weighted by atomic mass is 16.4. The lowest BCUT2D eigenvalue weighted by Gasteiger charge is -2.19. The van der Waals surface area contributed by atoms with Crippen LogP contribution in [0, 0.1) is 6.92 Å². The summed E-state index contributed by atoms with van der Waals surface area (Å²) in [6, 6.07) is 2.12. The van der Waals surface area contributed by atoms with Gasteiger partial charge in [0.15, 0.2) is 5.65 Å². The van der Waals surface area contributed by atoms with Gasteiger partial charge in [0.1, 0.15) is 0 Å². The van der Waals surface area contributed by atoms with Crippen LogP contribution in [-0.2, 0) is 17.8 Å². The number of rotatable bonds is 6. The van der Waals surface area contributed by atoms with E-state index in [0.29, 0.717) is 12.3 Å². The molecule has 1 aliphatic carbocycles. The van der Waals surface area contributed by atoms with Crippen LogP contribution in [0.3, 0.4) is 0 Å². The number of hydrogen-bond acceptors (Lipinski definition) is 4. The first kappa shape index (κ1) is 18.6. The maximum atomic E-state index is 11.4. The molecule has 0 spiro atoms. The number of carbonyl (C=O) groups is 1. The minimum atomic E-state index is -0.782. The number of hydrogen-bond donors (Lipinski definition) is 1. The molecule has 0 atom stereocenters. The fraction of sp³-hybridized carbons (Fsp3) is 0.455. The Morgan fingerprint density at radius 1 is 1.25 bits per heavy atom. The number of pyridine rings is 2. The summed E-state index contributed by atoms with van der Waals surface area (Å²) in [5.41, 5.74) is 6.17. The van der Waals surface area contributed by atoms with Gasteiger partial charge in [-0.05, 0) is 50.3 Å². The molecule has 3 aromatic rings. The van der Waals surface area contributed by atoms with E-state index in [0.717, 1.165) is 58.4 Å². The Hall–Kier alpha value is -2.76. The van der Waals surface area contributed by atoms with Crippen molar-refractivity contribution in [3.8, 4) is 11.1 Å². The minimum Gasteiger partial charge on any atom is -0.481 e. The monoisotopic (exact) mass is 378 g/mol. The molecule has 1 saturated carbocycles. The van der Waals surface area contributed by atoms with Crippen molar-refractivity contribution < 1.29 is 9.90 Å². The predicted octanol–water partition coefficient (Wildman–Crippen LogP) is 4.50. The Kier molecular flexibility index (Phi) is 5.11. The van der Waals surface area contributed by atoms with E-state index >= 15 is 0 Å². The van der Waals surface area contributed by atoms with Gasteiger partial charge in [-0.15, -0.1) is 0 Å². The van der Waals surface area contributed by atoms with Crippen LogP contribution in [0.4, 0.5) is 0 Å². The molecule has 0 aromatic carbocycles. The molecule has 0 unspecified atom stereocenters. The maximum Gasteiger partial charge on any atom is 0.303 e. The molecule has 1 aliphatic rings. The van der Waals surface area contributed by atoms with Gasteiger partial charge in [-0.1, -0.05) is 12.8 Å². The summed E-state index contributed by atoms with van der Waals surface area (Å²) < 4.78 is 1.93. The first-order valence-electron chi connectivity index (χ1n) is 10.1. The molecule has 146 valence electrons. The van der Waals surface area contributed by atoms with Gasteiger partial charge in [-0.3, -0.25) is 9.78 Å². The van der Waals surface area contributed by atoms with E-state index in [9.17, 15) is 9.90 Å². The Labute approximate surface area is 164 Å². The minimum absolute atomic E-state index is 0.0983. The molecular weight excluding hydrogens is 352 g/mol. The fourth-order valence-electron chi connectivity index (χ4n) is 4.42. The molecule has 1 fully saturated rings. The summed E-state index contributed by atoms with van der Waals surface area (Å²) in [5, 5.41) is 14.9. The summed E-state index contributed by atoms with van der Waals surface area (Å²) >= 11 is 0. The quantitative estimate of drug-likeness (QED) is 0.683. The highest BCUT2D eigenvalue weighted by Crippen LogP contribution is 2.41. The number of carboxylic acids is 1. The molecule has 0 amide bonds. The van der Waals surface area contributed by atoms with E-state index in [1.807, 2.05) is 30.2 Å². The SMILES string of the molecule is CCn1ncc2c(-c3cncc(C)c3)c(CCC(=O)O)c(C3CCCC3)nc21. The number of aromatic nitrogens is 4. The number of aliphatic carboxylic acids is 1. The second-order valence-electron chi connectivity index (χ2n) is 7.67. The van der Waals surface area contributed by atoms with E-state index in [4.69, 9.17) is 4.98 Å². The zero-order chi connectivity index (χ0) is 19.7. The van der Waals surface area contributed by atoms with Gasteiger partial charge in [0.05, 0.1) is 6.20 Å². The lowest BCUT2D eigenvalue weighted by Crippen LogP contribution is -2.10. The first-order valence-corrected chi connectivity index (χ1v) is 10.1. The molecule has 1 N–H and O–H groups in total. The average molecular weight is 378 g/mol. The summed E-state index contributed by atoms with van der Waals surface area (Å²) in [7, 11) is 0. The lowest BCUT2D eigenvalue weighted by atomic mass is 9.88. The third-order valence-electron chi connectivity index (χ3n) is 5.71.